The van der Waals surface area contributed by atoms with Crippen LogP contribution in [-0.2, 0) is 11.3 Å². The Morgan fingerprint density at radius 1 is 1.36 bits per heavy atom. The number of hydrogen-bond donors (Lipinski definition) is 0. The largest absolute Gasteiger partial charge is 0.373 e. The summed E-state index contributed by atoms with van der Waals surface area (Å²) in [6, 6.07) is 10.2. The van der Waals surface area contributed by atoms with Gasteiger partial charge < -0.3 is 4.74 Å². The molecule has 0 heterocycles. The van der Waals surface area contributed by atoms with Crippen LogP contribution in [0.2, 0.25) is 0 Å². The van der Waals surface area contributed by atoms with E-state index in [0.29, 0.717) is 13.2 Å². The number of benzene rings is 1. The van der Waals surface area contributed by atoms with E-state index in [1.807, 2.05) is 18.2 Å². The topological polar surface area (TPSA) is 9.23 Å². The molecule has 0 saturated carbocycles. The molecule has 0 saturated heterocycles. The van der Waals surface area contributed by atoms with Gasteiger partial charge in [0.1, 0.15) is 0 Å². The first-order chi connectivity index (χ1) is 6.83. The summed E-state index contributed by atoms with van der Waals surface area (Å²) in [4.78, 5) is 0. The Morgan fingerprint density at radius 3 is 2.71 bits per heavy atom. The summed E-state index contributed by atoms with van der Waals surface area (Å²) in [5.74, 6) is 0. The summed E-state index contributed by atoms with van der Waals surface area (Å²) in [5.41, 5.74) is 1.22. The zero-order valence-electron chi connectivity index (χ0n) is 8.37. The molecular weight excluding hydrogens is 240 g/mol. The number of ether oxygens (including phenoxy) is 1. The van der Waals surface area contributed by atoms with Gasteiger partial charge in [-0.25, -0.2) is 0 Å². The van der Waals surface area contributed by atoms with Crippen molar-refractivity contribution >= 4 is 15.9 Å². The van der Waals surface area contributed by atoms with E-state index in [9.17, 15) is 0 Å². The molecule has 1 aromatic rings. The highest BCUT2D eigenvalue weighted by atomic mass is 79.9. The van der Waals surface area contributed by atoms with Crippen molar-refractivity contribution < 1.29 is 4.74 Å². The Bertz CT molecular complexity index is 280. The van der Waals surface area contributed by atoms with Crippen LogP contribution >= 0.6 is 15.9 Å². The molecule has 0 aliphatic rings. The van der Waals surface area contributed by atoms with E-state index in [-0.39, 0.29) is 0 Å². The van der Waals surface area contributed by atoms with E-state index in [1.165, 1.54) is 10.0 Å². The van der Waals surface area contributed by atoms with Gasteiger partial charge in [-0.05, 0) is 22.5 Å². The fourth-order valence-corrected chi connectivity index (χ4v) is 1.18. The van der Waals surface area contributed by atoms with Crippen molar-refractivity contribution in [2.75, 3.05) is 6.61 Å². The molecule has 0 aliphatic carbocycles. The van der Waals surface area contributed by atoms with Gasteiger partial charge in [-0.15, -0.1) is 0 Å². The highest BCUT2D eigenvalue weighted by Crippen LogP contribution is 2.08. The van der Waals surface area contributed by atoms with E-state index in [1.54, 1.807) is 0 Å². The van der Waals surface area contributed by atoms with Gasteiger partial charge in [0.15, 0.2) is 0 Å². The first kappa shape index (κ1) is 11.5. The van der Waals surface area contributed by atoms with Crippen molar-refractivity contribution in [2.45, 2.75) is 20.0 Å². The van der Waals surface area contributed by atoms with E-state index >= 15 is 0 Å². The van der Waals surface area contributed by atoms with Crippen LogP contribution in [0.3, 0.4) is 0 Å². The summed E-state index contributed by atoms with van der Waals surface area (Å²) in [5, 5.41) is 0. The highest BCUT2D eigenvalue weighted by molar-refractivity contribution is 9.11. The van der Waals surface area contributed by atoms with Crippen LogP contribution < -0.4 is 0 Å². The molecule has 76 valence electrons. The molecular formula is C12H15BrO. The molecule has 0 bridgehead atoms. The molecule has 0 unspecified atom stereocenters. The quantitative estimate of drug-likeness (QED) is 0.725. The first-order valence-electron chi connectivity index (χ1n) is 4.79. The third-order valence-electron chi connectivity index (χ3n) is 1.87. The predicted octanol–water partition coefficient (Wildman–Crippen LogP) is 3.89. The number of hydrogen-bond acceptors (Lipinski definition) is 1. The van der Waals surface area contributed by atoms with Crippen molar-refractivity contribution in [3.05, 3.63) is 46.5 Å². The summed E-state index contributed by atoms with van der Waals surface area (Å²) in [6.45, 7) is 3.46. The normalized spacial score (nSPS) is 11.7. The molecule has 0 radical (unpaired) electrons. The van der Waals surface area contributed by atoms with Crippen molar-refractivity contribution in [1.82, 2.24) is 0 Å². The predicted molar refractivity (Wildman–Crippen MR) is 63.4 cm³/mol. The molecule has 0 fully saturated rings. The number of halogens is 1. The minimum Gasteiger partial charge on any atom is -0.373 e. The maximum Gasteiger partial charge on any atom is 0.0721 e. The number of allylic oxidation sites excluding steroid dienone is 1. The second-order valence-corrected chi connectivity index (χ2v) is 4.02. The zero-order chi connectivity index (χ0) is 10.2. The summed E-state index contributed by atoms with van der Waals surface area (Å²) in [6.07, 6.45) is 3.08. The summed E-state index contributed by atoms with van der Waals surface area (Å²) in [7, 11) is 0. The zero-order valence-corrected chi connectivity index (χ0v) is 9.96. The van der Waals surface area contributed by atoms with Crippen LogP contribution in [-0.4, -0.2) is 6.61 Å². The van der Waals surface area contributed by atoms with Crippen LogP contribution in [0, 0.1) is 0 Å². The molecule has 2 heteroatoms. The molecule has 0 N–H and O–H groups in total. The monoisotopic (exact) mass is 254 g/mol. The van der Waals surface area contributed by atoms with E-state index in [4.69, 9.17) is 4.74 Å². The highest BCUT2D eigenvalue weighted by Gasteiger charge is 1.90. The maximum absolute atomic E-state index is 5.49. The van der Waals surface area contributed by atoms with Crippen LogP contribution in [0.1, 0.15) is 18.9 Å². The molecule has 14 heavy (non-hydrogen) atoms. The van der Waals surface area contributed by atoms with Crippen molar-refractivity contribution in [3.8, 4) is 0 Å². The maximum atomic E-state index is 5.49. The lowest BCUT2D eigenvalue weighted by atomic mass is 10.2. The minimum absolute atomic E-state index is 0.670. The van der Waals surface area contributed by atoms with Crippen molar-refractivity contribution in [1.29, 1.82) is 0 Å². The van der Waals surface area contributed by atoms with Gasteiger partial charge >= 0.3 is 0 Å². The Kier molecular flexibility index (Phi) is 5.57. The molecule has 0 amide bonds. The van der Waals surface area contributed by atoms with Gasteiger partial charge in [-0.2, -0.15) is 0 Å². The second kappa shape index (κ2) is 6.80. The third-order valence-corrected chi connectivity index (χ3v) is 2.76. The Labute approximate surface area is 93.9 Å². The molecule has 1 aromatic carbocycles. The van der Waals surface area contributed by atoms with E-state index < -0.39 is 0 Å². The minimum atomic E-state index is 0.670. The average Bonchev–Trinajstić information content (AvgIpc) is 2.25. The van der Waals surface area contributed by atoms with Gasteiger partial charge in [0.2, 0.25) is 0 Å². The van der Waals surface area contributed by atoms with E-state index in [2.05, 4.69) is 41.1 Å². The molecule has 1 rings (SSSR count). The van der Waals surface area contributed by atoms with E-state index in [0.717, 1.165) is 6.42 Å². The molecule has 1 nitrogen and oxygen atoms in total. The lowest BCUT2D eigenvalue weighted by Crippen LogP contribution is -1.92. The molecule has 0 aromatic heterocycles. The van der Waals surface area contributed by atoms with Crippen molar-refractivity contribution in [3.63, 3.8) is 0 Å². The lowest BCUT2D eigenvalue weighted by molar-refractivity contribution is 0.148. The van der Waals surface area contributed by atoms with Gasteiger partial charge in [0, 0.05) is 0 Å². The first-order valence-corrected chi connectivity index (χ1v) is 5.58. The lowest BCUT2D eigenvalue weighted by Gasteiger charge is -2.01. The van der Waals surface area contributed by atoms with Gasteiger partial charge in [0.05, 0.1) is 13.2 Å². The summed E-state index contributed by atoms with van der Waals surface area (Å²) < 4.78 is 6.69. The second-order valence-electron chi connectivity index (χ2n) is 3.01. The van der Waals surface area contributed by atoms with Gasteiger partial charge in [0.25, 0.3) is 0 Å². The molecule has 0 atom stereocenters. The summed E-state index contributed by atoms with van der Waals surface area (Å²) >= 11 is 3.44. The Morgan fingerprint density at radius 2 is 2.07 bits per heavy atom. The van der Waals surface area contributed by atoms with Gasteiger partial charge in [-0.3, -0.25) is 0 Å². The van der Waals surface area contributed by atoms with Gasteiger partial charge in [-0.1, -0.05) is 53.2 Å². The Hall–Kier alpha value is -0.600. The smallest absolute Gasteiger partial charge is 0.0721 e. The fraction of sp³-hybridized carbons (Fsp3) is 0.333. The van der Waals surface area contributed by atoms with Crippen LogP contribution in [0.25, 0.3) is 0 Å². The standard InChI is InChI=1S/C12H15BrO/c1-2-12(13)8-9-14-10-11-6-4-3-5-7-11/h3-8H,2,9-10H2,1H3/b12-8+. The van der Waals surface area contributed by atoms with Crippen LogP contribution in [0.5, 0.6) is 0 Å². The molecule has 0 aliphatic heterocycles. The Balaban J connectivity index is 2.23. The fourth-order valence-electron chi connectivity index (χ4n) is 1.04. The van der Waals surface area contributed by atoms with Crippen LogP contribution in [0.4, 0.5) is 0 Å². The van der Waals surface area contributed by atoms with Crippen LogP contribution in [0.15, 0.2) is 40.9 Å². The average molecular weight is 255 g/mol. The SMILES string of the molecule is CC/C(Br)=C\COCc1ccccc1. The number of rotatable bonds is 5. The third kappa shape index (κ3) is 4.58. The van der Waals surface area contributed by atoms with Crippen molar-refractivity contribution in [2.24, 2.45) is 0 Å². The molecule has 0 spiro atoms.